The van der Waals surface area contributed by atoms with Crippen LogP contribution < -0.4 is 5.32 Å². The van der Waals surface area contributed by atoms with Crippen LogP contribution in [0.1, 0.15) is 60.3 Å². The fraction of sp³-hybridized carbons (Fsp3) is 1.00. The van der Waals surface area contributed by atoms with Crippen LogP contribution >= 0.6 is 0 Å². The molecule has 92 valence electrons. The van der Waals surface area contributed by atoms with Crippen molar-refractivity contribution in [2.45, 2.75) is 72.4 Å². The summed E-state index contributed by atoms with van der Waals surface area (Å²) >= 11 is 0. The Bertz CT molecular complexity index is 155. The minimum Gasteiger partial charge on any atom is -0.392 e. The van der Waals surface area contributed by atoms with Crippen molar-refractivity contribution in [3.05, 3.63) is 0 Å². The van der Waals surface area contributed by atoms with Crippen molar-refractivity contribution in [2.24, 2.45) is 5.41 Å². The van der Waals surface area contributed by atoms with E-state index >= 15 is 0 Å². The van der Waals surface area contributed by atoms with E-state index in [1.54, 1.807) is 0 Å². The Kier molecular flexibility index (Phi) is 7.20. The molecular formula is C13H29NO. The molecule has 2 unspecified atom stereocenters. The Hall–Kier alpha value is -0.0800. The van der Waals surface area contributed by atoms with Crippen LogP contribution in [0.5, 0.6) is 0 Å². The lowest BCUT2D eigenvalue weighted by atomic mass is 9.86. The molecular weight excluding hydrogens is 186 g/mol. The maximum absolute atomic E-state index is 9.37. The third-order valence-corrected chi connectivity index (χ3v) is 3.08. The highest BCUT2D eigenvalue weighted by atomic mass is 16.3. The Morgan fingerprint density at radius 3 is 2.27 bits per heavy atom. The number of aliphatic hydroxyl groups is 1. The summed E-state index contributed by atoms with van der Waals surface area (Å²) in [5.74, 6) is 0. The highest BCUT2D eigenvalue weighted by molar-refractivity contribution is 4.75. The molecule has 0 rings (SSSR count). The van der Waals surface area contributed by atoms with Gasteiger partial charge in [-0.25, -0.2) is 0 Å². The van der Waals surface area contributed by atoms with Gasteiger partial charge in [0, 0.05) is 12.6 Å². The Morgan fingerprint density at radius 2 is 1.80 bits per heavy atom. The van der Waals surface area contributed by atoms with Gasteiger partial charge < -0.3 is 10.4 Å². The van der Waals surface area contributed by atoms with Crippen molar-refractivity contribution in [1.29, 1.82) is 0 Å². The van der Waals surface area contributed by atoms with Gasteiger partial charge in [0.05, 0.1) is 6.10 Å². The van der Waals surface area contributed by atoms with Gasteiger partial charge in [-0.1, -0.05) is 40.0 Å². The van der Waals surface area contributed by atoms with Crippen molar-refractivity contribution >= 4 is 0 Å². The molecule has 2 atom stereocenters. The Morgan fingerprint density at radius 1 is 1.20 bits per heavy atom. The summed E-state index contributed by atoms with van der Waals surface area (Å²) in [5.41, 5.74) is 0.346. The molecule has 0 saturated carbocycles. The molecule has 0 aromatic carbocycles. The predicted molar refractivity (Wildman–Crippen MR) is 67.1 cm³/mol. The van der Waals surface area contributed by atoms with Crippen LogP contribution in [0.25, 0.3) is 0 Å². The molecule has 0 spiro atoms. The molecule has 0 bridgehead atoms. The second kappa shape index (κ2) is 7.24. The van der Waals surface area contributed by atoms with Crippen molar-refractivity contribution in [3.8, 4) is 0 Å². The largest absolute Gasteiger partial charge is 0.392 e. The zero-order chi connectivity index (χ0) is 11.9. The van der Waals surface area contributed by atoms with E-state index in [1.807, 2.05) is 13.8 Å². The second-order valence-corrected chi connectivity index (χ2v) is 5.53. The summed E-state index contributed by atoms with van der Waals surface area (Å²) in [7, 11) is 0. The van der Waals surface area contributed by atoms with E-state index in [2.05, 4.69) is 26.1 Å². The summed E-state index contributed by atoms with van der Waals surface area (Å²) in [6.45, 7) is 11.7. The maximum Gasteiger partial charge on any atom is 0.0662 e. The smallest absolute Gasteiger partial charge is 0.0662 e. The molecule has 2 nitrogen and oxygen atoms in total. The van der Waals surface area contributed by atoms with Crippen LogP contribution in [0, 0.1) is 5.41 Å². The minimum absolute atomic E-state index is 0.190. The lowest BCUT2D eigenvalue weighted by Gasteiger charge is -2.28. The van der Waals surface area contributed by atoms with Crippen LogP contribution in [0.15, 0.2) is 0 Å². The fourth-order valence-corrected chi connectivity index (χ4v) is 1.55. The second-order valence-electron chi connectivity index (χ2n) is 5.53. The zero-order valence-corrected chi connectivity index (χ0v) is 11.1. The molecule has 0 amide bonds. The van der Waals surface area contributed by atoms with Gasteiger partial charge in [-0.2, -0.15) is 0 Å². The topological polar surface area (TPSA) is 32.3 Å². The molecule has 0 aliphatic carbocycles. The molecule has 0 heterocycles. The van der Waals surface area contributed by atoms with Gasteiger partial charge in [-0.3, -0.25) is 0 Å². The maximum atomic E-state index is 9.37. The average Bonchev–Trinajstić information content (AvgIpc) is 2.14. The number of hydrogen-bond acceptors (Lipinski definition) is 2. The first-order valence-corrected chi connectivity index (χ1v) is 6.30. The minimum atomic E-state index is -0.267. The summed E-state index contributed by atoms with van der Waals surface area (Å²) in [6, 6.07) is 0.190. The third kappa shape index (κ3) is 7.80. The van der Waals surface area contributed by atoms with Gasteiger partial charge in [-0.05, 0) is 25.7 Å². The number of hydrogen-bond donors (Lipinski definition) is 2. The first-order chi connectivity index (χ1) is 6.89. The van der Waals surface area contributed by atoms with Crippen LogP contribution in [0.3, 0.4) is 0 Å². The van der Waals surface area contributed by atoms with Gasteiger partial charge >= 0.3 is 0 Å². The van der Waals surface area contributed by atoms with Gasteiger partial charge in [-0.15, -0.1) is 0 Å². The highest BCUT2D eigenvalue weighted by Gasteiger charge is 2.19. The molecule has 0 aromatic heterocycles. The summed E-state index contributed by atoms with van der Waals surface area (Å²) in [6.07, 6.45) is 4.92. The first kappa shape index (κ1) is 14.9. The molecule has 0 aliphatic heterocycles. The van der Waals surface area contributed by atoms with Gasteiger partial charge in [0.15, 0.2) is 0 Å². The summed E-state index contributed by atoms with van der Waals surface area (Å²) in [5, 5.41) is 12.8. The number of nitrogens with one attached hydrogen (secondary N) is 1. The molecule has 0 saturated heterocycles. The van der Waals surface area contributed by atoms with Crippen LogP contribution in [-0.2, 0) is 0 Å². The van der Waals surface area contributed by atoms with Crippen LogP contribution in [-0.4, -0.2) is 23.8 Å². The molecule has 15 heavy (non-hydrogen) atoms. The van der Waals surface area contributed by atoms with Crippen molar-refractivity contribution < 1.29 is 5.11 Å². The van der Waals surface area contributed by atoms with E-state index in [1.165, 1.54) is 25.7 Å². The van der Waals surface area contributed by atoms with Crippen LogP contribution in [0.2, 0.25) is 0 Å². The standard InChI is InChI=1S/C13H29NO/c1-6-7-8-9-13(4,5)10-14-11(2)12(3)15/h11-12,14-15H,6-10H2,1-5H3. The quantitative estimate of drug-likeness (QED) is 0.610. The average molecular weight is 215 g/mol. The summed E-state index contributed by atoms with van der Waals surface area (Å²) < 4.78 is 0. The lowest BCUT2D eigenvalue weighted by Crippen LogP contribution is -2.41. The predicted octanol–water partition coefficient (Wildman–Crippen LogP) is 2.95. The van der Waals surface area contributed by atoms with Crippen molar-refractivity contribution in [1.82, 2.24) is 5.32 Å². The summed E-state index contributed by atoms with van der Waals surface area (Å²) in [4.78, 5) is 0. The van der Waals surface area contributed by atoms with E-state index < -0.39 is 0 Å². The fourth-order valence-electron chi connectivity index (χ4n) is 1.55. The lowest BCUT2D eigenvalue weighted by molar-refractivity contribution is 0.143. The van der Waals surface area contributed by atoms with Gasteiger partial charge in [0.2, 0.25) is 0 Å². The van der Waals surface area contributed by atoms with Gasteiger partial charge in [0.1, 0.15) is 0 Å². The molecule has 2 N–H and O–H groups in total. The highest BCUT2D eigenvalue weighted by Crippen LogP contribution is 2.22. The van der Waals surface area contributed by atoms with E-state index in [0.29, 0.717) is 5.41 Å². The van der Waals surface area contributed by atoms with Gasteiger partial charge in [0.25, 0.3) is 0 Å². The number of unbranched alkanes of at least 4 members (excludes halogenated alkanes) is 2. The van der Waals surface area contributed by atoms with E-state index in [9.17, 15) is 5.11 Å². The normalized spacial score (nSPS) is 16.4. The number of rotatable bonds is 8. The zero-order valence-electron chi connectivity index (χ0n) is 11.1. The SMILES string of the molecule is CCCCCC(C)(C)CNC(C)C(C)O. The molecule has 0 aromatic rings. The molecule has 2 heteroatoms. The number of aliphatic hydroxyl groups excluding tert-OH is 1. The van der Waals surface area contributed by atoms with Crippen molar-refractivity contribution in [3.63, 3.8) is 0 Å². The Balaban J connectivity index is 3.72. The monoisotopic (exact) mass is 215 g/mol. The van der Waals surface area contributed by atoms with E-state index in [4.69, 9.17) is 0 Å². The van der Waals surface area contributed by atoms with E-state index in [0.717, 1.165) is 6.54 Å². The molecule has 0 radical (unpaired) electrons. The third-order valence-electron chi connectivity index (χ3n) is 3.08. The molecule has 0 aliphatic rings. The molecule has 0 fully saturated rings. The Labute approximate surface area is 95.5 Å². The van der Waals surface area contributed by atoms with Crippen molar-refractivity contribution in [2.75, 3.05) is 6.54 Å². The van der Waals surface area contributed by atoms with Crippen LogP contribution in [0.4, 0.5) is 0 Å². The first-order valence-electron chi connectivity index (χ1n) is 6.30. The van der Waals surface area contributed by atoms with E-state index in [-0.39, 0.29) is 12.1 Å².